The molecule has 0 spiro atoms. The van der Waals surface area contributed by atoms with Crippen molar-refractivity contribution in [2.75, 3.05) is 19.8 Å². The quantitative estimate of drug-likeness (QED) is 0.666. The van der Waals surface area contributed by atoms with Gasteiger partial charge in [-0.15, -0.1) is 0 Å². The van der Waals surface area contributed by atoms with E-state index in [2.05, 4.69) is 18.7 Å². The number of hydrogen-bond acceptors (Lipinski definition) is 3. The van der Waals surface area contributed by atoms with Crippen LogP contribution in [0.4, 0.5) is 0 Å². The molecule has 3 heteroatoms. The van der Waals surface area contributed by atoms with Crippen molar-refractivity contribution < 1.29 is 9.53 Å². The van der Waals surface area contributed by atoms with Gasteiger partial charge in [-0.05, 0) is 25.2 Å². The van der Waals surface area contributed by atoms with Crippen LogP contribution in [0.3, 0.4) is 0 Å². The molecule has 0 aromatic rings. The van der Waals surface area contributed by atoms with E-state index in [0.717, 1.165) is 44.9 Å². The van der Waals surface area contributed by atoms with E-state index in [-0.39, 0.29) is 0 Å². The number of carbonyl (C=O) groups excluding carboxylic acids is 1. The van der Waals surface area contributed by atoms with Crippen LogP contribution in [0.1, 0.15) is 46.0 Å². The summed E-state index contributed by atoms with van der Waals surface area (Å²) >= 11 is 0. The maximum atomic E-state index is 11.5. The van der Waals surface area contributed by atoms with Crippen molar-refractivity contribution in [1.82, 2.24) is 4.90 Å². The molecule has 0 aromatic heterocycles. The largest absolute Gasteiger partial charge is 0.380 e. The van der Waals surface area contributed by atoms with Gasteiger partial charge in [-0.1, -0.05) is 13.8 Å². The molecule has 2 heterocycles. The zero-order chi connectivity index (χ0) is 12.3. The van der Waals surface area contributed by atoms with Crippen LogP contribution in [-0.4, -0.2) is 42.5 Å². The van der Waals surface area contributed by atoms with E-state index in [0.29, 0.717) is 17.9 Å². The van der Waals surface area contributed by atoms with Gasteiger partial charge < -0.3 is 4.74 Å². The van der Waals surface area contributed by atoms with Crippen molar-refractivity contribution >= 4 is 5.78 Å². The van der Waals surface area contributed by atoms with Crippen molar-refractivity contribution in [3.63, 3.8) is 0 Å². The van der Waals surface area contributed by atoms with Crippen LogP contribution in [0, 0.1) is 5.92 Å². The summed E-state index contributed by atoms with van der Waals surface area (Å²) in [5.74, 6) is 1.19. The maximum absolute atomic E-state index is 11.5. The first kappa shape index (κ1) is 13.0. The molecule has 0 saturated carbocycles. The van der Waals surface area contributed by atoms with Gasteiger partial charge >= 0.3 is 0 Å². The molecule has 2 aliphatic heterocycles. The van der Waals surface area contributed by atoms with E-state index < -0.39 is 0 Å². The summed E-state index contributed by atoms with van der Waals surface area (Å²) in [5.41, 5.74) is 0. The molecule has 0 radical (unpaired) electrons. The van der Waals surface area contributed by atoms with Crippen molar-refractivity contribution in [1.29, 1.82) is 0 Å². The van der Waals surface area contributed by atoms with Crippen LogP contribution in [0.25, 0.3) is 0 Å². The van der Waals surface area contributed by atoms with Crippen molar-refractivity contribution in [2.45, 2.75) is 58.0 Å². The minimum atomic E-state index is 0.467. The molecule has 0 N–H and O–H groups in total. The summed E-state index contributed by atoms with van der Waals surface area (Å²) in [6, 6.07) is 1.05. The average Bonchev–Trinajstić information content (AvgIpc) is 2.51. The Morgan fingerprint density at radius 1 is 1.24 bits per heavy atom. The van der Waals surface area contributed by atoms with Crippen molar-refractivity contribution in [3.8, 4) is 0 Å². The van der Waals surface area contributed by atoms with E-state index in [1.165, 1.54) is 12.8 Å². The van der Waals surface area contributed by atoms with Crippen molar-refractivity contribution in [2.24, 2.45) is 5.92 Å². The molecule has 98 valence electrons. The fourth-order valence-electron chi connectivity index (χ4n) is 3.02. The number of ketones is 1. The third-order valence-corrected chi connectivity index (χ3v) is 4.03. The fraction of sp³-hybridized carbons (Fsp3) is 0.929. The molecule has 2 unspecified atom stereocenters. The highest BCUT2D eigenvalue weighted by molar-refractivity contribution is 5.80. The van der Waals surface area contributed by atoms with Crippen LogP contribution in [-0.2, 0) is 9.53 Å². The topological polar surface area (TPSA) is 29.5 Å². The van der Waals surface area contributed by atoms with E-state index in [1.807, 2.05) is 0 Å². The molecular formula is C14H25NO2. The standard InChI is InChI=1S/C14H25NO2/c1-11(2)5-7-17-8-6-15-12-3-4-13(15)10-14(16)9-12/h11-13H,3-10H2,1-2H3. The van der Waals surface area contributed by atoms with Gasteiger partial charge in [0, 0.05) is 38.1 Å². The SMILES string of the molecule is CC(C)CCOCCN1C2CCC1CC(=O)C2. The Balaban J connectivity index is 1.65. The van der Waals surface area contributed by atoms with Crippen LogP contribution < -0.4 is 0 Å². The van der Waals surface area contributed by atoms with Crippen LogP contribution in [0.2, 0.25) is 0 Å². The number of carbonyl (C=O) groups is 1. The average molecular weight is 239 g/mol. The molecule has 2 fully saturated rings. The second-order valence-electron chi connectivity index (χ2n) is 5.86. The number of Topliss-reactive ketones (excluding diaryl/α,β-unsaturated/α-hetero) is 1. The predicted molar refractivity (Wildman–Crippen MR) is 68.0 cm³/mol. The molecule has 17 heavy (non-hydrogen) atoms. The predicted octanol–water partition coefficient (Wildman–Crippen LogP) is 2.25. The summed E-state index contributed by atoms with van der Waals surface area (Å²) in [7, 11) is 0. The minimum absolute atomic E-state index is 0.467. The van der Waals surface area contributed by atoms with Crippen LogP contribution in [0.5, 0.6) is 0 Å². The first-order valence-corrected chi connectivity index (χ1v) is 7.02. The Bertz CT molecular complexity index is 249. The summed E-state index contributed by atoms with van der Waals surface area (Å²) in [5, 5.41) is 0. The summed E-state index contributed by atoms with van der Waals surface area (Å²) in [4.78, 5) is 14.0. The number of fused-ring (bicyclic) bond motifs is 2. The Morgan fingerprint density at radius 2 is 1.88 bits per heavy atom. The maximum Gasteiger partial charge on any atom is 0.136 e. The number of ether oxygens (including phenoxy) is 1. The highest BCUT2D eigenvalue weighted by Gasteiger charge is 2.39. The van der Waals surface area contributed by atoms with E-state index in [1.54, 1.807) is 0 Å². The number of rotatable bonds is 6. The lowest BCUT2D eigenvalue weighted by atomic mass is 10.0. The second-order valence-corrected chi connectivity index (χ2v) is 5.86. The van der Waals surface area contributed by atoms with Crippen LogP contribution >= 0.6 is 0 Å². The first-order chi connectivity index (χ1) is 8.16. The first-order valence-electron chi connectivity index (χ1n) is 7.02. The molecule has 2 bridgehead atoms. The summed E-state index contributed by atoms with van der Waals surface area (Å²) in [6.45, 7) is 7.16. The second kappa shape index (κ2) is 5.96. The Kier molecular flexibility index (Phi) is 4.57. The molecule has 2 atom stereocenters. The number of hydrogen-bond donors (Lipinski definition) is 0. The Morgan fingerprint density at radius 3 is 2.47 bits per heavy atom. The third kappa shape index (κ3) is 3.52. The Hall–Kier alpha value is -0.410. The zero-order valence-corrected chi connectivity index (χ0v) is 11.2. The zero-order valence-electron chi connectivity index (χ0n) is 11.2. The number of nitrogens with zero attached hydrogens (tertiary/aromatic N) is 1. The third-order valence-electron chi connectivity index (χ3n) is 4.03. The Labute approximate surface area is 105 Å². The molecule has 2 saturated heterocycles. The van der Waals surface area contributed by atoms with Crippen molar-refractivity contribution in [3.05, 3.63) is 0 Å². The van der Waals surface area contributed by atoms with E-state index in [9.17, 15) is 4.79 Å². The highest BCUT2D eigenvalue weighted by Crippen LogP contribution is 2.33. The van der Waals surface area contributed by atoms with E-state index in [4.69, 9.17) is 4.74 Å². The minimum Gasteiger partial charge on any atom is -0.380 e. The van der Waals surface area contributed by atoms with Gasteiger partial charge in [-0.25, -0.2) is 0 Å². The summed E-state index contributed by atoms with van der Waals surface area (Å²) < 4.78 is 5.67. The lowest BCUT2D eigenvalue weighted by Gasteiger charge is -2.33. The van der Waals surface area contributed by atoms with Gasteiger partial charge in [-0.2, -0.15) is 0 Å². The normalized spacial score (nSPS) is 29.2. The molecule has 2 aliphatic rings. The lowest BCUT2D eigenvalue weighted by Crippen LogP contribution is -2.44. The van der Waals surface area contributed by atoms with Gasteiger partial charge in [0.15, 0.2) is 0 Å². The van der Waals surface area contributed by atoms with Gasteiger partial charge in [0.2, 0.25) is 0 Å². The van der Waals surface area contributed by atoms with E-state index >= 15 is 0 Å². The molecule has 3 nitrogen and oxygen atoms in total. The van der Waals surface area contributed by atoms with Gasteiger partial charge in [0.05, 0.1) is 6.61 Å². The molecule has 0 aromatic carbocycles. The molecule has 0 aliphatic carbocycles. The number of piperidine rings is 1. The van der Waals surface area contributed by atoms with Gasteiger partial charge in [0.25, 0.3) is 0 Å². The van der Waals surface area contributed by atoms with Gasteiger partial charge in [0.1, 0.15) is 5.78 Å². The molecule has 2 rings (SSSR count). The monoisotopic (exact) mass is 239 g/mol. The molecule has 0 amide bonds. The summed E-state index contributed by atoms with van der Waals surface area (Å²) in [6.07, 6.45) is 5.13. The van der Waals surface area contributed by atoms with Gasteiger partial charge in [-0.3, -0.25) is 9.69 Å². The van der Waals surface area contributed by atoms with Crippen LogP contribution in [0.15, 0.2) is 0 Å². The molecular weight excluding hydrogens is 214 g/mol. The fourth-order valence-corrected chi connectivity index (χ4v) is 3.02. The lowest BCUT2D eigenvalue weighted by molar-refractivity contribution is -0.123. The smallest absolute Gasteiger partial charge is 0.136 e. The highest BCUT2D eigenvalue weighted by atomic mass is 16.5.